The van der Waals surface area contributed by atoms with Gasteiger partial charge in [0.1, 0.15) is 17.8 Å². The second kappa shape index (κ2) is 4.84. The van der Waals surface area contributed by atoms with Crippen LogP contribution in [0.4, 0.5) is 5.82 Å². The number of pyridine rings is 1. The molecule has 5 nitrogen and oxygen atoms in total. The number of hydrogen-bond donors (Lipinski definition) is 1. The van der Waals surface area contributed by atoms with Gasteiger partial charge in [-0.2, -0.15) is 0 Å². The summed E-state index contributed by atoms with van der Waals surface area (Å²) in [6.45, 7) is 4.02. The lowest BCUT2D eigenvalue weighted by molar-refractivity contribution is 0.752. The van der Waals surface area contributed by atoms with Crippen LogP contribution in [0, 0.1) is 6.92 Å². The van der Waals surface area contributed by atoms with Crippen molar-refractivity contribution in [1.29, 1.82) is 0 Å². The summed E-state index contributed by atoms with van der Waals surface area (Å²) in [7, 11) is 0. The van der Waals surface area contributed by atoms with E-state index < -0.39 is 0 Å². The van der Waals surface area contributed by atoms with Crippen molar-refractivity contribution in [2.24, 2.45) is 0 Å². The molecule has 4 heterocycles. The number of nitrogens with zero attached hydrogens (tertiary/aromatic N) is 4. The van der Waals surface area contributed by atoms with Gasteiger partial charge in [0.15, 0.2) is 0 Å². The fourth-order valence-electron chi connectivity index (χ4n) is 3.03. The Morgan fingerprint density at radius 2 is 2.19 bits per heavy atom. The zero-order chi connectivity index (χ0) is 14.2. The molecule has 3 aromatic heterocycles. The Morgan fingerprint density at radius 3 is 3.05 bits per heavy atom. The van der Waals surface area contributed by atoms with Crippen molar-refractivity contribution in [2.45, 2.75) is 19.3 Å². The second-order valence-corrected chi connectivity index (χ2v) is 5.62. The quantitative estimate of drug-likeness (QED) is 0.783. The topological polar surface area (TPSA) is 57.7 Å². The summed E-state index contributed by atoms with van der Waals surface area (Å²) in [5.74, 6) is 1.54. The van der Waals surface area contributed by atoms with Gasteiger partial charge in [0.25, 0.3) is 0 Å². The van der Waals surface area contributed by atoms with Crippen LogP contribution < -0.4 is 4.90 Å². The van der Waals surface area contributed by atoms with Crippen molar-refractivity contribution in [1.82, 2.24) is 19.9 Å². The van der Waals surface area contributed by atoms with Crippen molar-refractivity contribution < 1.29 is 0 Å². The molecule has 21 heavy (non-hydrogen) atoms. The molecule has 1 aliphatic heterocycles. The van der Waals surface area contributed by atoms with Crippen LogP contribution in [0.3, 0.4) is 0 Å². The monoisotopic (exact) mass is 279 g/mol. The standard InChI is InChI=1S/C16H17N5/c1-11-7-15(19-10-18-11)21-6-4-13(9-21)14-8-12-3-2-5-17-16(12)20-14/h2-3,5,7-8,10,13H,4,6,9H2,1H3,(H,17,20). The molecule has 1 saturated heterocycles. The summed E-state index contributed by atoms with van der Waals surface area (Å²) in [5.41, 5.74) is 3.26. The first kappa shape index (κ1) is 12.3. The Labute approximate surface area is 123 Å². The van der Waals surface area contributed by atoms with Crippen LogP contribution in [0.5, 0.6) is 0 Å². The summed E-state index contributed by atoms with van der Waals surface area (Å²) in [5, 5.41) is 1.18. The molecule has 0 aromatic carbocycles. The fourth-order valence-corrected chi connectivity index (χ4v) is 3.03. The summed E-state index contributed by atoms with van der Waals surface area (Å²) in [4.78, 5) is 18.7. The van der Waals surface area contributed by atoms with E-state index >= 15 is 0 Å². The van der Waals surface area contributed by atoms with E-state index in [2.05, 4.69) is 43.0 Å². The number of aryl methyl sites for hydroxylation is 1. The molecular weight excluding hydrogens is 262 g/mol. The number of rotatable bonds is 2. The average Bonchev–Trinajstić information content (AvgIpc) is 3.14. The Balaban J connectivity index is 1.58. The Bertz CT molecular complexity index is 746. The van der Waals surface area contributed by atoms with Gasteiger partial charge >= 0.3 is 0 Å². The zero-order valence-electron chi connectivity index (χ0n) is 12.0. The van der Waals surface area contributed by atoms with Crippen molar-refractivity contribution >= 4 is 16.9 Å². The van der Waals surface area contributed by atoms with Crippen LogP contribution in [0.1, 0.15) is 23.7 Å². The highest BCUT2D eigenvalue weighted by Crippen LogP contribution is 2.30. The summed E-state index contributed by atoms with van der Waals surface area (Å²) < 4.78 is 0. The molecule has 1 N–H and O–H groups in total. The number of aromatic amines is 1. The maximum atomic E-state index is 4.38. The first-order valence-electron chi connectivity index (χ1n) is 7.27. The van der Waals surface area contributed by atoms with E-state index in [4.69, 9.17) is 0 Å². The molecule has 0 amide bonds. The number of H-pyrrole nitrogens is 1. The SMILES string of the molecule is Cc1cc(N2CCC(c3cc4cccnc4[nH]3)C2)ncn1. The van der Waals surface area contributed by atoms with Gasteiger partial charge in [0.05, 0.1) is 0 Å². The molecule has 1 atom stereocenters. The molecule has 0 saturated carbocycles. The molecule has 106 valence electrons. The van der Waals surface area contributed by atoms with E-state index in [0.29, 0.717) is 5.92 Å². The molecular formula is C16H17N5. The zero-order valence-corrected chi connectivity index (χ0v) is 12.0. The molecule has 0 spiro atoms. The number of fused-ring (bicyclic) bond motifs is 1. The first-order chi connectivity index (χ1) is 10.3. The maximum absolute atomic E-state index is 4.38. The fraction of sp³-hybridized carbons (Fsp3) is 0.312. The maximum Gasteiger partial charge on any atom is 0.137 e. The summed E-state index contributed by atoms with van der Waals surface area (Å²) in [6, 6.07) is 8.35. The highest BCUT2D eigenvalue weighted by molar-refractivity contribution is 5.76. The van der Waals surface area contributed by atoms with Crippen LogP contribution >= 0.6 is 0 Å². The number of hydrogen-bond acceptors (Lipinski definition) is 4. The minimum Gasteiger partial charge on any atom is -0.356 e. The van der Waals surface area contributed by atoms with E-state index in [1.54, 1.807) is 6.33 Å². The number of aromatic nitrogens is 4. The first-order valence-corrected chi connectivity index (χ1v) is 7.27. The third-order valence-electron chi connectivity index (χ3n) is 4.15. The van der Waals surface area contributed by atoms with Gasteiger partial charge in [-0.15, -0.1) is 0 Å². The molecule has 4 rings (SSSR count). The molecule has 0 radical (unpaired) electrons. The van der Waals surface area contributed by atoms with E-state index in [1.807, 2.05) is 19.2 Å². The van der Waals surface area contributed by atoms with Gasteiger partial charge in [0.2, 0.25) is 0 Å². The van der Waals surface area contributed by atoms with Crippen LogP contribution in [-0.4, -0.2) is 33.0 Å². The molecule has 1 aliphatic rings. The highest BCUT2D eigenvalue weighted by Gasteiger charge is 2.26. The Morgan fingerprint density at radius 1 is 1.24 bits per heavy atom. The van der Waals surface area contributed by atoms with Crippen LogP contribution in [0.2, 0.25) is 0 Å². The van der Waals surface area contributed by atoms with Crippen LogP contribution in [-0.2, 0) is 0 Å². The molecule has 5 heteroatoms. The van der Waals surface area contributed by atoms with Crippen LogP contribution in [0.15, 0.2) is 36.8 Å². The number of nitrogens with one attached hydrogen (secondary N) is 1. The lowest BCUT2D eigenvalue weighted by Gasteiger charge is -2.17. The third kappa shape index (κ3) is 2.24. The Kier molecular flexibility index (Phi) is 2.84. The largest absolute Gasteiger partial charge is 0.356 e. The smallest absolute Gasteiger partial charge is 0.137 e. The second-order valence-electron chi connectivity index (χ2n) is 5.62. The third-order valence-corrected chi connectivity index (χ3v) is 4.15. The molecule has 1 fully saturated rings. The van der Waals surface area contributed by atoms with E-state index in [9.17, 15) is 0 Å². The molecule has 0 aliphatic carbocycles. The van der Waals surface area contributed by atoms with Crippen molar-refractivity contribution in [2.75, 3.05) is 18.0 Å². The predicted octanol–water partition coefficient (Wildman–Crippen LogP) is 2.66. The summed E-state index contributed by atoms with van der Waals surface area (Å²) in [6.07, 6.45) is 4.61. The van der Waals surface area contributed by atoms with Crippen LogP contribution in [0.25, 0.3) is 11.0 Å². The summed E-state index contributed by atoms with van der Waals surface area (Å²) >= 11 is 0. The van der Waals surface area contributed by atoms with Crippen molar-refractivity contribution in [3.05, 3.63) is 48.2 Å². The van der Waals surface area contributed by atoms with Gasteiger partial charge in [-0.3, -0.25) is 0 Å². The predicted molar refractivity (Wildman–Crippen MR) is 82.4 cm³/mol. The van der Waals surface area contributed by atoms with Gasteiger partial charge in [0, 0.05) is 48.0 Å². The Hall–Kier alpha value is -2.43. The van der Waals surface area contributed by atoms with Crippen molar-refractivity contribution in [3.8, 4) is 0 Å². The molecule has 3 aromatic rings. The van der Waals surface area contributed by atoms with Gasteiger partial charge in [-0.05, 0) is 31.5 Å². The lowest BCUT2D eigenvalue weighted by atomic mass is 10.1. The minimum atomic E-state index is 0.509. The number of anilines is 1. The van der Waals surface area contributed by atoms with E-state index in [-0.39, 0.29) is 0 Å². The van der Waals surface area contributed by atoms with Crippen molar-refractivity contribution in [3.63, 3.8) is 0 Å². The normalized spacial score (nSPS) is 18.5. The van der Waals surface area contributed by atoms with Gasteiger partial charge in [-0.25, -0.2) is 15.0 Å². The molecule has 1 unspecified atom stereocenters. The van der Waals surface area contributed by atoms with Gasteiger partial charge in [-0.1, -0.05) is 0 Å². The van der Waals surface area contributed by atoms with E-state index in [1.165, 1.54) is 11.1 Å². The average molecular weight is 279 g/mol. The minimum absolute atomic E-state index is 0.509. The highest BCUT2D eigenvalue weighted by atomic mass is 15.2. The molecule has 0 bridgehead atoms. The lowest BCUT2D eigenvalue weighted by Crippen LogP contribution is -2.20. The van der Waals surface area contributed by atoms with E-state index in [0.717, 1.165) is 36.7 Å². The van der Waals surface area contributed by atoms with Gasteiger partial charge < -0.3 is 9.88 Å².